The Morgan fingerprint density at radius 3 is 2.62 bits per heavy atom. The largest absolute Gasteiger partial charge is 0.354 e. The van der Waals surface area contributed by atoms with Gasteiger partial charge in [0.25, 0.3) is 0 Å². The van der Waals surface area contributed by atoms with Gasteiger partial charge in [-0.05, 0) is 55.7 Å². The van der Waals surface area contributed by atoms with Crippen molar-refractivity contribution in [2.75, 3.05) is 18.1 Å². The van der Waals surface area contributed by atoms with Crippen LogP contribution in [0.25, 0.3) is 27.9 Å². The molecular formula is C22H22N6O3S. The Labute approximate surface area is 184 Å². The molecule has 4 aromatic rings. The lowest BCUT2D eigenvalue weighted by Crippen LogP contribution is -2.38. The second-order valence-electron chi connectivity index (χ2n) is 7.90. The van der Waals surface area contributed by atoms with Gasteiger partial charge >= 0.3 is 0 Å². The summed E-state index contributed by atoms with van der Waals surface area (Å²) in [6.07, 6.45) is 3.75. The summed E-state index contributed by atoms with van der Waals surface area (Å²) in [5, 5.41) is 11.6. The summed E-state index contributed by atoms with van der Waals surface area (Å²) in [5.41, 5.74) is 2.03. The van der Waals surface area contributed by atoms with E-state index >= 15 is 0 Å². The SMILES string of the molecule is CS(=O)(=O)c1ccc(-c2nc3c4ccccc4nc(N[C@@H]4CCCCNC4=O)n3n2)cc1. The molecule has 1 aliphatic rings. The Morgan fingerprint density at radius 1 is 1.06 bits per heavy atom. The summed E-state index contributed by atoms with van der Waals surface area (Å²) in [4.78, 5) is 22.1. The minimum atomic E-state index is -3.29. The molecule has 3 heterocycles. The predicted octanol–water partition coefficient (Wildman–Crippen LogP) is 2.43. The van der Waals surface area contributed by atoms with E-state index in [4.69, 9.17) is 9.97 Å². The second-order valence-corrected chi connectivity index (χ2v) is 9.92. The second kappa shape index (κ2) is 7.86. The zero-order valence-corrected chi connectivity index (χ0v) is 18.3. The normalized spacial score (nSPS) is 17.3. The molecule has 0 radical (unpaired) electrons. The smallest absolute Gasteiger partial charge is 0.242 e. The number of sulfone groups is 1. The average Bonchev–Trinajstić information content (AvgIpc) is 3.14. The van der Waals surface area contributed by atoms with Crippen LogP contribution in [0.4, 0.5) is 5.95 Å². The molecule has 5 rings (SSSR count). The van der Waals surface area contributed by atoms with E-state index in [0.717, 1.165) is 23.7 Å². The highest BCUT2D eigenvalue weighted by Crippen LogP contribution is 2.25. The first-order valence-corrected chi connectivity index (χ1v) is 12.3. The minimum absolute atomic E-state index is 0.0534. The number of aromatic nitrogens is 4. The van der Waals surface area contributed by atoms with Crippen LogP contribution in [0, 0.1) is 0 Å². The fraction of sp³-hybridized carbons (Fsp3) is 0.273. The fourth-order valence-electron chi connectivity index (χ4n) is 3.86. The topological polar surface area (TPSA) is 118 Å². The summed E-state index contributed by atoms with van der Waals surface area (Å²) in [6, 6.07) is 13.7. The molecule has 9 nitrogen and oxygen atoms in total. The number of amides is 1. The first-order chi connectivity index (χ1) is 15.4. The van der Waals surface area contributed by atoms with Crippen LogP contribution in [0.5, 0.6) is 0 Å². The molecule has 2 aromatic heterocycles. The summed E-state index contributed by atoms with van der Waals surface area (Å²) in [5.74, 6) is 0.825. The molecule has 1 amide bonds. The number of nitrogens with one attached hydrogen (secondary N) is 2. The third kappa shape index (κ3) is 3.77. The van der Waals surface area contributed by atoms with E-state index < -0.39 is 15.9 Å². The van der Waals surface area contributed by atoms with Crippen molar-refractivity contribution in [3.05, 3.63) is 48.5 Å². The Balaban J connectivity index is 1.62. The van der Waals surface area contributed by atoms with E-state index in [-0.39, 0.29) is 10.8 Å². The van der Waals surface area contributed by atoms with Crippen molar-refractivity contribution in [1.29, 1.82) is 0 Å². The quantitative estimate of drug-likeness (QED) is 0.490. The molecule has 0 bridgehead atoms. The highest BCUT2D eigenvalue weighted by atomic mass is 32.2. The van der Waals surface area contributed by atoms with Crippen LogP contribution in [0.1, 0.15) is 19.3 Å². The molecule has 2 N–H and O–H groups in total. The Hall–Kier alpha value is -3.53. The third-order valence-electron chi connectivity index (χ3n) is 5.56. The van der Waals surface area contributed by atoms with Crippen molar-refractivity contribution >= 4 is 38.2 Å². The van der Waals surface area contributed by atoms with Crippen molar-refractivity contribution in [2.45, 2.75) is 30.2 Å². The van der Waals surface area contributed by atoms with E-state index in [2.05, 4.69) is 15.7 Å². The van der Waals surface area contributed by atoms with Crippen molar-refractivity contribution in [2.24, 2.45) is 0 Å². The van der Waals surface area contributed by atoms with Crippen LogP contribution < -0.4 is 10.6 Å². The summed E-state index contributed by atoms with van der Waals surface area (Å²) in [6.45, 7) is 0.675. The molecule has 0 spiro atoms. The van der Waals surface area contributed by atoms with Crippen LogP contribution >= 0.6 is 0 Å². The van der Waals surface area contributed by atoms with Gasteiger partial charge in [0.05, 0.1) is 10.4 Å². The maximum Gasteiger partial charge on any atom is 0.242 e. The van der Waals surface area contributed by atoms with Gasteiger partial charge in [-0.15, -0.1) is 5.10 Å². The van der Waals surface area contributed by atoms with Crippen LogP contribution in [0.15, 0.2) is 53.4 Å². The monoisotopic (exact) mass is 450 g/mol. The van der Waals surface area contributed by atoms with Crippen molar-refractivity contribution in [3.63, 3.8) is 0 Å². The van der Waals surface area contributed by atoms with Crippen LogP contribution in [0.3, 0.4) is 0 Å². The van der Waals surface area contributed by atoms with Gasteiger partial charge in [-0.3, -0.25) is 4.79 Å². The number of fused-ring (bicyclic) bond motifs is 3. The first-order valence-electron chi connectivity index (χ1n) is 10.4. The van der Waals surface area contributed by atoms with Gasteiger partial charge < -0.3 is 10.6 Å². The summed E-state index contributed by atoms with van der Waals surface area (Å²) < 4.78 is 25.1. The van der Waals surface area contributed by atoms with Gasteiger partial charge in [0, 0.05) is 23.8 Å². The predicted molar refractivity (Wildman–Crippen MR) is 121 cm³/mol. The molecule has 1 aliphatic heterocycles. The zero-order valence-electron chi connectivity index (χ0n) is 17.4. The van der Waals surface area contributed by atoms with E-state index in [1.165, 1.54) is 6.26 Å². The highest BCUT2D eigenvalue weighted by Gasteiger charge is 2.23. The van der Waals surface area contributed by atoms with Gasteiger partial charge in [-0.1, -0.05) is 12.1 Å². The maximum atomic E-state index is 12.5. The lowest BCUT2D eigenvalue weighted by atomic mass is 10.1. The minimum Gasteiger partial charge on any atom is -0.354 e. The maximum absolute atomic E-state index is 12.5. The van der Waals surface area contributed by atoms with Crippen molar-refractivity contribution < 1.29 is 13.2 Å². The van der Waals surface area contributed by atoms with Gasteiger partial charge in [-0.25, -0.2) is 18.4 Å². The average molecular weight is 451 g/mol. The molecule has 1 atom stereocenters. The number of anilines is 1. The molecule has 0 unspecified atom stereocenters. The first kappa shape index (κ1) is 20.4. The highest BCUT2D eigenvalue weighted by molar-refractivity contribution is 7.90. The number of carbonyl (C=O) groups excluding carboxylic acids is 1. The number of nitrogens with zero attached hydrogens (tertiary/aromatic N) is 4. The van der Waals surface area contributed by atoms with E-state index in [1.54, 1.807) is 28.8 Å². The Morgan fingerprint density at radius 2 is 1.84 bits per heavy atom. The number of carbonyl (C=O) groups is 1. The Kier molecular flexibility index (Phi) is 5.01. The summed E-state index contributed by atoms with van der Waals surface area (Å²) in [7, 11) is -3.29. The summed E-state index contributed by atoms with van der Waals surface area (Å²) >= 11 is 0. The lowest BCUT2D eigenvalue weighted by Gasteiger charge is -2.16. The molecule has 1 saturated heterocycles. The molecule has 0 saturated carbocycles. The molecule has 10 heteroatoms. The van der Waals surface area contributed by atoms with E-state index in [9.17, 15) is 13.2 Å². The van der Waals surface area contributed by atoms with Gasteiger partial charge in [0.15, 0.2) is 21.3 Å². The fourth-order valence-corrected chi connectivity index (χ4v) is 4.49. The number of benzene rings is 2. The molecule has 164 valence electrons. The van der Waals surface area contributed by atoms with Gasteiger partial charge in [0.1, 0.15) is 6.04 Å². The number of hydrogen-bond acceptors (Lipinski definition) is 7. The van der Waals surface area contributed by atoms with Crippen LogP contribution in [-0.2, 0) is 14.6 Å². The number of rotatable bonds is 4. The van der Waals surface area contributed by atoms with Crippen molar-refractivity contribution in [3.8, 4) is 11.4 Å². The number of hydrogen-bond donors (Lipinski definition) is 2. The molecular weight excluding hydrogens is 428 g/mol. The van der Waals surface area contributed by atoms with E-state index in [0.29, 0.717) is 35.9 Å². The molecule has 32 heavy (non-hydrogen) atoms. The molecule has 0 aliphatic carbocycles. The van der Waals surface area contributed by atoms with Crippen LogP contribution in [0.2, 0.25) is 0 Å². The van der Waals surface area contributed by atoms with Crippen molar-refractivity contribution in [1.82, 2.24) is 24.9 Å². The zero-order chi connectivity index (χ0) is 22.3. The van der Waals surface area contributed by atoms with Gasteiger partial charge in [0.2, 0.25) is 11.9 Å². The third-order valence-corrected chi connectivity index (χ3v) is 6.69. The number of para-hydroxylation sites is 1. The van der Waals surface area contributed by atoms with Crippen LogP contribution in [-0.4, -0.2) is 52.7 Å². The molecule has 1 fully saturated rings. The molecule has 2 aromatic carbocycles. The standard InChI is InChI=1S/C22H22N6O3S/c1-32(30,31)15-11-9-14(10-12-15)19-26-20-16-6-2-3-7-17(16)24-22(28(20)27-19)25-18-8-4-5-13-23-21(18)29/h2-3,6-7,9-12,18H,4-5,8,13H2,1H3,(H,23,29)(H,24,25)/t18-/m1/s1. The van der Waals surface area contributed by atoms with Gasteiger partial charge in [-0.2, -0.15) is 4.52 Å². The van der Waals surface area contributed by atoms with E-state index in [1.807, 2.05) is 24.3 Å². The lowest BCUT2D eigenvalue weighted by molar-refractivity contribution is -0.121. The Bertz CT molecular complexity index is 1430.